The average molecular weight is 234 g/mol. The molecular weight excluding hydrogens is 204 g/mol. The SMILES string of the molecule is C.CC1=CC=C(C)CC1.CC1=CCC(C)CC1. The molecule has 0 amide bonds. The number of hydrogen-bond donors (Lipinski definition) is 0. The third-order valence-electron chi connectivity index (χ3n) is 3.47. The quantitative estimate of drug-likeness (QED) is 0.447. The van der Waals surface area contributed by atoms with Crippen molar-refractivity contribution in [3.8, 4) is 0 Å². The van der Waals surface area contributed by atoms with Gasteiger partial charge in [-0.3, -0.25) is 0 Å². The lowest BCUT2D eigenvalue weighted by Crippen LogP contribution is -1.98. The number of rotatable bonds is 0. The number of hydrogen-bond acceptors (Lipinski definition) is 0. The minimum Gasteiger partial charge on any atom is -0.0853 e. The third-order valence-corrected chi connectivity index (χ3v) is 3.47. The maximum Gasteiger partial charge on any atom is -0.0283 e. The number of allylic oxidation sites excluding steroid dienone is 6. The second-order valence-corrected chi connectivity index (χ2v) is 5.46. The van der Waals surface area contributed by atoms with Gasteiger partial charge in [0, 0.05) is 0 Å². The van der Waals surface area contributed by atoms with Crippen molar-refractivity contribution in [3.63, 3.8) is 0 Å². The zero-order valence-corrected chi connectivity index (χ0v) is 11.3. The summed E-state index contributed by atoms with van der Waals surface area (Å²) in [5, 5.41) is 0. The average Bonchev–Trinajstić information content (AvgIpc) is 2.28. The van der Waals surface area contributed by atoms with Gasteiger partial charge in [-0.05, 0) is 58.8 Å². The van der Waals surface area contributed by atoms with Crippen LogP contribution in [0.1, 0.15) is 67.2 Å². The Morgan fingerprint density at radius 2 is 1.41 bits per heavy atom. The van der Waals surface area contributed by atoms with E-state index >= 15 is 0 Å². The standard InChI is InChI=1S/C8H14.C8H12.CH4/c2*1-7-3-5-8(2)6-4-7;/h3,8H,4-6H2,1-2H3;3,5H,4,6H2,1-2H3;1H4. The summed E-state index contributed by atoms with van der Waals surface area (Å²) in [5.74, 6) is 0.943. The van der Waals surface area contributed by atoms with E-state index in [1.54, 1.807) is 5.57 Å². The normalized spacial score (nSPS) is 23.3. The van der Waals surface area contributed by atoms with E-state index in [-0.39, 0.29) is 7.43 Å². The van der Waals surface area contributed by atoms with Gasteiger partial charge in [-0.1, -0.05) is 49.3 Å². The molecule has 0 aromatic rings. The molecule has 2 aliphatic rings. The second kappa shape index (κ2) is 8.33. The first kappa shape index (κ1) is 16.2. The van der Waals surface area contributed by atoms with Crippen molar-refractivity contribution in [3.05, 3.63) is 34.9 Å². The highest BCUT2D eigenvalue weighted by Gasteiger charge is 2.05. The van der Waals surface area contributed by atoms with Gasteiger partial charge in [-0.15, -0.1) is 0 Å². The molecule has 0 aromatic heterocycles. The van der Waals surface area contributed by atoms with Gasteiger partial charge in [-0.25, -0.2) is 0 Å². The summed E-state index contributed by atoms with van der Waals surface area (Å²) in [6, 6.07) is 0. The van der Waals surface area contributed by atoms with Crippen LogP contribution in [0, 0.1) is 5.92 Å². The van der Waals surface area contributed by atoms with E-state index in [1.165, 1.54) is 43.3 Å². The molecule has 0 nitrogen and oxygen atoms in total. The fourth-order valence-corrected chi connectivity index (χ4v) is 1.94. The van der Waals surface area contributed by atoms with E-state index < -0.39 is 0 Å². The van der Waals surface area contributed by atoms with Crippen LogP contribution in [0.4, 0.5) is 0 Å². The fourth-order valence-electron chi connectivity index (χ4n) is 1.94. The monoisotopic (exact) mass is 234 g/mol. The highest BCUT2D eigenvalue weighted by atomic mass is 14.1. The summed E-state index contributed by atoms with van der Waals surface area (Å²) < 4.78 is 0. The van der Waals surface area contributed by atoms with E-state index in [9.17, 15) is 0 Å². The lowest BCUT2D eigenvalue weighted by Gasteiger charge is -2.14. The van der Waals surface area contributed by atoms with Crippen LogP contribution in [0.2, 0.25) is 0 Å². The van der Waals surface area contributed by atoms with Crippen LogP contribution >= 0.6 is 0 Å². The first-order valence-corrected chi connectivity index (χ1v) is 6.56. The highest BCUT2D eigenvalue weighted by molar-refractivity contribution is 5.20. The summed E-state index contributed by atoms with van der Waals surface area (Å²) in [6.07, 6.45) is 13.4. The highest BCUT2D eigenvalue weighted by Crippen LogP contribution is 2.21. The lowest BCUT2D eigenvalue weighted by molar-refractivity contribution is 0.514. The Morgan fingerprint density at radius 3 is 1.71 bits per heavy atom. The molecule has 0 heterocycles. The maximum absolute atomic E-state index is 2.37. The summed E-state index contributed by atoms with van der Waals surface area (Å²) in [5.41, 5.74) is 4.61. The van der Waals surface area contributed by atoms with Crippen molar-refractivity contribution in [1.82, 2.24) is 0 Å². The minimum atomic E-state index is 0. The molecule has 0 heteroatoms. The molecule has 17 heavy (non-hydrogen) atoms. The van der Waals surface area contributed by atoms with E-state index in [0.29, 0.717) is 0 Å². The minimum absolute atomic E-state index is 0. The van der Waals surface area contributed by atoms with E-state index in [1.807, 2.05) is 0 Å². The second-order valence-electron chi connectivity index (χ2n) is 5.46. The van der Waals surface area contributed by atoms with Crippen LogP contribution < -0.4 is 0 Å². The van der Waals surface area contributed by atoms with Gasteiger partial charge in [0.05, 0.1) is 0 Å². The lowest BCUT2D eigenvalue weighted by atomic mass is 9.92. The first-order valence-electron chi connectivity index (χ1n) is 6.56. The van der Waals surface area contributed by atoms with Crippen LogP contribution in [-0.4, -0.2) is 0 Å². The van der Waals surface area contributed by atoms with Crippen LogP contribution in [0.15, 0.2) is 34.9 Å². The maximum atomic E-state index is 2.37. The zero-order chi connectivity index (χ0) is 12.0. The van der Waals surface area contributed by atoms with Crippen molar-refractivity contribution in [1.29, 1.82) is 0 Å². The van der Waals surface area contributed by atoms with Gasteiger partial charge < -0.3 is 0 Å². The van der Waals surface area contributed by atoms with Crippen molar-refractivity contribution < 1.29 is 0 Å². The van der Waals surface area contributed by atoms with Crippen LogP contribution in [0.3, 0.4) is 0 Å². The molecule has 1 unspecified atom stereocenters. The van der Waals surface area contributed by atoms with Crippen molar-refractivity contribution in [2.24, 2.45) is 5.92 Å². The van der Waals surface area contributed by atoms with E-state index in [0.717, 1.165) is 5.92 Å². The van der Waals surface area contributed by atoms with Gasteiger partial charge in [-0.2, -0.15) is 0 Å². The van der Waals surface area contributed by atoms with Gasteiger partial charge in [0.25, 0.3) is 0 Å². The molecule has 0 spiro atoms. The molecule has 0 N–H and O–H groups in total. The third kappa shape index (κ3) is 7.20. The molecule has 0 radical (unpaired) electrons. The molecule has 98 valence electrons. The molecule has 0 fully saturated rings. The Morgan fingerprint density at radius 1 is 0.882 bits per heavy atom. The Hall–Kier alpha value is -0.780. The molecule has 0 saturated carbocycles. The van der Waals surface area contributed by atoms with E-state index in [4.69, 9.17) is 0 Å². The molecule has 2 rings (SSSR count). The predicted octanol–water partition coefficient (Wildman–Crippen LogP) is 6.06. The van der Waals surface area contributed by atoms with Crippen molar-refractivity contribution in [2.75, 3.05) is 0 Å². The van der Waals surface area contributed by atoms with Crippen molar-refractivity contribution in [2.45, 2.75) is 67.2 Å². The van der Waals surface area contributed by atoms with Gasteiger partial charge in [0.1, 0.15) is 0 Å². The molecule has 1 atom stereocenters. The van der Waals surface area contributed by atoms with E-state index in [2.05, 4.69) is 45.9 Å². The van der Waals surface area contributed by atoms with Crippen LogP contribution in [0.5, 0.6) is 0 Å². The molecule has 0 aliphatic heterocycles. The Balaban J connectivity index is 0.000000284. The van der Waals surface area contributed by atoms with Crippen molar-refractivity contribution >= 4 is 0 Å². The summed E-state index contributed by atoms with van der Waals surface area (Å²) >= 11 is 0. The van der Waals surface area contributed by atoms with Crippen LogP contribution in [0.25, 0.3) is 0 Å². The zero-order valence-electron chi connectivity index (χ0n) is 11.3. The van der Waals surface area contributed by atoms with Gasteiger partial charge in [0.15, 0.2) is 0 Å². The molecule has 0 bridgehead atoms. The largest absolute Gasteiger partial charge is 0.0853 e. The molecule has 2 aliphatic carbocycles. The smallest absolute Gasteiger partial charge is 0.0283 e. The fraction of sp³-hybridized carbons (Fsp3) is 0.647. The summed E-state index contributed by atoms with van der Waals surface area (Å²) in [4.78, 5) is 0. The molecular formula is C17H30. The predicted molar refractivity (Wildman–Crippen MR) is 80.3 cm³/mol. The Kier molecular flexibility index (Phi) is 7.95. The molecule has 0 saturated heterocycles. The van der Waals surface area contributed by atoms with Crippen LogP contribution in [-0.2, 0) is 0 Å². The first-order chi connectivity index (χ1) is 7.58. The topological polar surface area (TPSA) is 0 Å². The van der Waals surface area contributed by atoms with Gasteiger partial charge in [0.2, 0.25) is 0 Å². The molecule has 0 aromatic carbocycles. The summed E-state index contributed by atoms with van der Waals surface area (Å²) in [7, 11) is 0. The van der Waals surface area contributed by atoms with Gasteiger partial charge >= 0.3 is 0 Å². The summed E-state index contributed by atoms with van der Waals surface area (Å²) in [6.45, 7) is 8.92. The Labute approximate surface area is 109 Å². The Bertz CT molecular complexity index is 284.